The number of amides is 1. The Morgan fingerprint density at radius 3 is 2.76 bits per heavy atom. The van der Waals surface area contributed by atoms with Crippen molar-refractivity contribution >= 4 is 17.4 Å². The number of nitrogens with two attached hydrogens (primary N) is 1. The molecule has 1 aliphatic heterocycles. The minimum Gasteiger partial charge on any atom is -0.357 e. The predicted octanol–water partition coefficient (Wildman–Crippen LogP) is 0.899. The lowest BCUT2D eigenvalue weighted by Gasteiger charge is -2.35. The van der Waals surface area contributed by atoms with Gasteiger partial charge in [-0.2, -0.15) is 0 Å². The average Bonchev–Trinajstić information content (AvgIpc) is 2.48. The molecule has 21 heavy (non-hydrogen) atoms. The summed E-state index contributed by atoms with van der Waals surface area (Å²) in [6.45, 7) is 2.61. The number of carbonyl (C=O) groups is 1. The number of rotatable bonds is 5. The number of carbonyl (C=O) groups excluding carboxylic acids is 1. The Morgan fingerprint density at radius 1 is 1.48 bits per heavy atom. The summed E-state index contributed by atoms with van der Waals surface area (Å²) in [5, 5.41) is 2.79. The lowest BCUT2D eigenvalue weighted by molar-refractivity contribution is -0.116. The minimum atomic E-state index is -0.0734. The molecule has 1 fully saturated rings. The highest BCUT2D eigenvalue weighted by Gasteiger charge is 2.21. The molecule has 6 heteroatoms. The first-order valence-electron chi connectivity index (χ1n) is 7.47. The van der Waals surface area contributed by atoms with E-state index in [4.69, 9.17) is 5.73 Å². The smallest absolute Gasteiger partial charge is 0.225 e. The van der Waals surface area contributed by atoms with Gasteiger partial charge in [-0.1, -0.05) is 0 Å². The Labute approximate surface area is 126 Å². The fourth-order valence-corrected chi connectivity index (χ4v) is 2.59. The molecule has 1 aromatic heterocycles. The van der Waals surface area contributed by atoms with E-state index in [1.165, 1.54) is 0 Å². The average molecular weight is 291 g/mol. The molecule has 0 unspecified atom stereocenters. The highest BCUT2D eigenvalue weighted by atomic mass is 16.1. The first-order valence-corrected chi connectivity index (χ1v) is 7.47. The zero-order valence-corrected chi connectivity index (χ0v) is 12.9. The summed E-state index contributed by atoms with van der Waals surface area (Å²) >= 11 is 0. The number of hydrogen-bond acceptors (Lipinski definition) is 5. The number of anilines is 2. The molecule has 2 heterocycles. The molecule has 1 saturated heterocycles. The molecule has 1 aliphatic rings. The highest BCUT2D eigenvalue weighted by Crippen LogP contribution is 2.21. The maximum atomic E-state index is 11.5. The standard InChI is InChI=1S/C15H25N5O/c1-19-9-6-13(7-10-19)20(2)14-4-3-12(11-17-14)18-15(21)5-8-16/h3-4,11,13H,5-10,16H2,1-2H3,(H,18,21). The molecular weight excluding hydrogens is 266 g/mol. The van der Waals surface area contributed by atoms with Gasteiger partial charge in [-0.05, 0) is 45.1 Å². The van der Waals surface area contributed by atoms with Crippen molar-refractivity contribution in [3.8, 4) is 0 Å². The second kappa shape index (κ2) is 7.38. The zero-order valence-electron chi connectivity index (χ0n) is 12.9. The molecule has 1 aromatic rings. The molecule has 0 atom stereocenters. The van der Waals surface area contributed by atoms with Crippen LogP contribution in [-0.2, 0) is 4.79 Å². The molecule has 0 spiro atoms. The van der Waals surface area contributed by atoms with E-state index in [2.05, 4.69) is 34.2 Å². The van der Waals surface area contributed by atoms with Gasteiger partial charge >= 0.3 is 0 Å². The number of piperidine rings is 1. The Hall–Kier alpha value is -1.66. The molecular formula is C15H25N5O. The van der Waals surface area contributed by atoms with E-state index in [1.807, 2.05) is 12.1 Å². The summed E-state index contributed by atoms with van der Waals surface area (Å²) in [4.78, 5) is 20.5. The Balaban J connectivity index is 1.93. The van der Waals surface area contributed by atoms with Gasteiger partial charge < -0.3 is 20.9 Å². The monoisotopic (exact) mass is 291 g/mol. The Kier molecular flexibility index (Phi) is 5.52. The van der Waals surface area contributed by atoms with Crippen LogP contribution in [0.3, 0.4) is 0 Å². The highest BCUT2D eigenvalue weighted by molar-refractivity contribution is 5.90. The SMILES string of the molecule is CN1CCC(N(C)c2ccc(NC(=O)CCN)cn2)CC1. The molecule has 1 amide bonds. The van der Waals surface area contributed by atoms with Gasteiger partial charge in [0, 0.05) is 26.1 Å². The summed E-state index contributed by atoms with van der Waals surface area (Å²) < 4.78 is 0. The van der Waals surface area contributed by atoms with Crippen molar-refractivity contribution in [1.29, 1.82) is 0 Å². The van der Waals surface area contributed by atoms with E-state index in [0.29, 0.717) is 24.7 Å². The molecule has 0 radical (unpaired) electrons. The van der Waals surface area contributed by atoms with Gasteiger partial charge in [0.1, 0.15) is 5.82 Å². The number of aromatic nitrogens is 1. The van der Waals surface area contributed by atoms with Crippen molar-refractivity contribution in [2.75, 3.05) is 43.9 Å². The summed E-state index contributed by atoms with van der Waals surface area (Å²) in [5.41, 5.74) is 6.07. The zero-order chi connectivity index (χ0) is 15.2. The van der Waals surface area contributed by atoms with Crippen molar-refractivity contribution in [2.45, 2.75) is 25.3 Å². The van der Waals surface area contributed by atoms with Crippen LogP contribution in [0.2, 0.25) is 0 Å². The van der Waals surface area contributed by atoms with Crippen LogP contribution >= 0.6 is 0 Å². The Bertz CT molecular complexity index is 454. The Morgan fingerprint density at radius 2 is 2.19 bits per heavy atom. The van der Waals surface area contributed by atoms with Crippen molar-refractivity contribution in [3.63, 3.8) is 0 Å². The van der Waals surface area contributed by atoms with Crippen molar-refractivity contribution in [2.24, 2.45) is 5.73 Å². The van der Waals surface area contributed by atoms with Gasteiger partial charge in [0.2, 0.25) is 5.91 Å². The number of nitrogens with one attached hydrogen (secondary N) is 1. The maximum Gasteiger partial charge on any atom is 0.225 e. The molecule has 2 rings (SSSR count). The van der Waals surface area contributed by atoms with E-state index in [0.717, 1.165) is 31.7 Å². The molecule has 3 N–H and O–H groups in total. The van der Waals surface area contributed by atoms with Crippen molar-refractivity contribution in [3.05, 3.63) is 18.3 Å². The van der Waals surface area contributed by atoms with Gasteiger partial charge in [0.25, 0.3) is 0 Å². The van der Waals surface area contributed by atoms with E-state index < -0.39 is 0 Å². The molecule has 0 aromatic carbocycles. The van der Waals surface area contributed by atoms with E-state index in [1.54, 1.807) is 6.20 Å². The third kappa shape index (κ3) is 4.41. The lowest BCUT2D eigenvalue weighted by Crippen LogP contribution is -2.42. The van der Waals surface area contributed by atoms with Crippen LogP contribution in [0.4, 0.5) is 11.5 Å². The quantitative estimate of drug-likeness (QED) is 0.843. The van der Waals surface area contributed by atoms with Crippen LogP contribution in [0.5, 0.6) is 0 Å². The summed E-state index contributed by atoms with van der Waals surface area (Å²) in [6.07, 6.45) is 4.35. The molecule has 0 saturated carbocycles. The molecule has 0 aliphatic carbocycles. The van der Waals surface area contributed by atoms with Crippen LogP contribution in [0.1, 0.15) is 19.3 Å². The van der Waals surface area contributed by atoms with Crippen LogP contribution in [0, 0.1) is 0 Å². The summed E-state index contributed by atoms with van der Waals surface area (Å²) in [7, 11) is 4.25. The molecule has 116 valence electrons. The van der Waals surface area contributed by atoms with Crippen LogP contribution in [-0.4, -0.2) is 55.6 Å². The third-order valence-electron chi connectivity index (χ3n) is 4.00. The van der Waals surface area contributed by atoms with Gasteiger partial charge in [-0.3, -0.25) is 4.79 Å². The number of nitrogens with zero attached hydrogens (tertiary/aromatic N) is 3. The molecule has 0 bridgehead atoms. The topological polar surface area (TPSA) is 74.5 Å². The van der Waals surface area contributed by atoms with Gasteiger partial charge in [-0.15, -0.1) is 0 Å². The number of likely N-dealkylation sites (tertiary alicyclic amines) is 1. The number of hydrogen-bond donors (Lipinski definition) is 2. The number of pyridine rings is 1. The van der Waals surface area contributed by atoms with E-state index in [-0.39, 0.29) is 5.91 Å². The fourth-order valence-electron chi connectivity index (χ4n) is 2.59. The van der Waals surface area contributed by atoms with Gasteiger partial charge in [-0.25, -0.2) is 4.98 Å². The maximum absolute atomic E-state index is 11.5. The van der Waals surface area contributed by atoms with Crippen LogP contribution in [0.25, 0.3) is 0 Å². The first kappa shape index (κ1) is 15.7. The van der Waals surface area contributed by atoms with E-state index in [9.17, 15) is 4.79 Å². The summed E-state index contributed by atoms with van der Waals surface area (Å²) in [5.74, 6) is 0.872. The molecule has 6 nitrogen and oxygen atoms in total. The van der Waals surface area contributed by atoms with Gasteiger partial charge in [0.05, 0.1) is 11.9 Å². The normalized spacial score (nSPS) is 16.7. The van der Waals surface area contributed by atoms with Crippen LogP contribution in [0.15, 0.2) is 18.3 Å². The van der Waals surface area contributed by atoms with Crippen molar-refractivity contribution < 1.29 is 4.79 Å². The van der Waals surface area contributed by atoms with Crippen molar-refractivity contribution in [1.82, 2.24) is 9.88 Å². The predicted molar refractivity (Wildman–Crippen MR) is 85.5 cm³/mol. The largest absolute Gasteiger partial charge is 0.357 e. The first-order chi connectivity index (χ1) is 10.1. The lowest BCUT2D eigenvalue weighted by atomic mass is 10.0. The van der Waals surface area contributed by atoms with Crippen LogP contribution < -0.4 is 16.0 Å². The van der Waals surface area contributed by atoms with Gasteiger partial charge in [0.15, 0.2) is 0 Å². The minimum absolute atomic E-state index is 0.0734. The fraction of sp³-hybridized carbons (Fsp3) is 0.600. The second-order valence-electron chi connectivity index (χ2n) is 5.64. The second-order valence-corrected chi connectivity index (χ2v) is 5.64. The third-order valence-corrected chi connectivity index (χ3v) is 4.00. The summed E-state index contributed by atoms with van der Waals surface area (Å²) in [6, 6.07) is 4.38. The van der Waals surface area contributed by atoms with E-state index >= 15 is 0 Å².